The SMILES string of the molecule is COC(=O)c1ccccc1NCc1cc(F)ccc1O. The van der Waals surface area contributed by atoms with Crippen molar-refractivity contribution in [2.75, 3.05) is 12.4 Å². The van der Waals surface area contributed by atoms with Crippen LogP contribution in [0.2, 0.25) is 0 Å². The summed E-state index contributed by atoms with van der Waals surface area (Å²) in [7, 11) is 1.30. The van der Waals surface area contributed by atoms with Crippen LogP contribution in [0.15, 0.2) is 42.5 Å². The zero-order chi connectivity index (χ0) is 14.5. The summed E-state index contributed by atoms with van der Waals surface area (Å²) in [4.78, 5) is 11.6. The molecule has 0 aliphatic rings. The van der Waals surface area contributed by atoms with Crippen LogP contribution >= 0.6 is 0 Å². The third kappa shape index (κ3) is 3.06. The number of carbonyl (C=O) groups is 1. The zero-order valence-corrected chi connectivity index (χ0v) is 10.9. The van der Waals surface area contributed by atoms with Gasteiger partial charge in [-0.2, -0.15) is 0 Å². The van der Waals surface area contributed by atoms with Crippen LogP contribution in [0.25, 0.3) is 0 Å². The maximum Gasteiger partial charge on any atom is 0.339 e. The van der Waals surface area contributed by atoms with Crippen molar-refractivity contribution in [1.29, 1.82) is 0 Å². The third-order valence-electron chi connectivity index (χ3n) is 2.84. The number of nitrogens with one attached hydrogen (secondary N) is 1. The van der Waals surface area contributed by atoms with Gasteiger partial charge in [-0.3, -0.25) is 0 Å². The lowest BCUT2D eigenvalue weighted by Gasteiger charge is -2.11. The summed E-state index contributed by atoms with van der Waals surface area (Å²) in [6.45, 7) is 0.192. The molecule has 2 rings (SSSR count). The smallest absolute Gasteiger partial charge is 0.339 e. The Bertz CT molecular complexity index is 628. The normalized spacial score (nSPS) is 10.1. The van der Waals surface area contributed by atoms with Gasteiger partial charge in [0.2, 0.25) is 0 Å². The molecular formula is C15H14FNO3. The Morgan fingerprint density at radius 3 is 2.80 bits per heavy atom. The van der Waals surface area contributed by atoms with Gasteiger partial charge in [-0.25, -0.2) is 9.18 Å². The van der Waals surface area contributed by atoms with E-state index in [4.69, 9.17) is 0 Å². The molecule has 0 unspecified atom stereocenters. The molecule has 20 heavy (non-hydrogen) atoms. The fourth-order valence-electron chi connectivity index (χ4n) is 1.81. The molecule has 2 aromatic rings. The predicted octanol–water partition coefficient (Wildman–Crippen LogP) is 2.93. The molecule has 4 nitrogen and oxygen atoms in total. The number of esters is 1. The molecule has 0 spiro atoms. The number of methoxy groups -OCH3 is 1. The first-order valence-electron chi connectivity index (χ1n) is 6.00. The van der Waals surface area contributed by atoms with Crippen molar-refractivity contribution < 1.29 is 19.0 Å². The Morgan fingerprint density at radius 2 is 2.05 bits per heavy atom. The van der Waals surface area contributed by atoms with E-state index in [0.717, 1.165) is 0 Å². The lowest BCUT2D eigenvalue weighted by molar-refractivity contribution is 0.0602. The lowest BCUT2D eigenvalue weighted by atomic mass is 10.1. The predicted molar refractivity (Wildman–Crippen MR) is 73.2 cm³/mol. The largest absolute Gasteiger partial charge is 0.508 e. The van der Waals surface area contributed by atoms with Crippen molar-refractivity contribution in [1.82, 2.24) is 0 Å². The quantitative estimate of drug-likeness (QED) is 0.842. The van der Waals surface area contributed by atoms with Crippen LogP contribution in [0, 0.1) is 5.82 Å². The number of para-hydroxylation sites is 1. The average Bonchev–Trinajstić information content (AvgIpc) is 2.47. The molecule has 0 radical (unpaired) electrons. The van der Waals surface area contributed by atoms with E-state index in [1.807, 2.05) is 0 Å². The van der Waals surface area contributed by atoms with Gasteiger partial charge in [0.05, 0.1) is 12.7 Å². The highest BCUT2D eigenvalue weighted by Gasteiger charge is 2.11. The van der Waals surface area contributed by atoms with Crippen LogP contribution < -0.4 is 5.32 Å². The summed E-state index contributed by atoms with van der Waals surface area (Å²) in [5, 5.41) is 12.6. The summed E-state index contributed by atoms with van der Waals surface area (Å²) in [5.41, 5.74) is 1.35. The molecule has 0 aromatic heterocycles. The first-order chi connectivity index (χ1) is 9.61. The second-order valence-electron chi connectivity index (χ2n) is 4.16. The van der Waals surface area contributed by atoms with Crippen molar-refractivity contribution in [3.8, 4) is 5.75 Å². The Morgan fingerprint density at radius 1 is 1.30 bits per heavy atom. The van der Waals surface area contributed by atoms with E-state index in [1.165, 1.54) is 25.3 Å². The molecule has 0 heterocycles. The Labute approximate surface area is 115 Å². The second kappa shape index (κ2) is 6.06. The lowest BCUT2D eigenvalue weighted by Crippen LogP contribution is -2.08. The highest BCUT2D eigenvalue weighted by molar-refractivity contribution is 5.95. The molecule has 0 aliphatic heterocycles. The Balaban J connectivity index is 2.19. The van der Waals surface area contributed by atoms with Gasteiger partial charge in [-0.1, -0.05) is 12.1 Å². The van der Waals surface area contributed by atoms with E-state index in [9.17, 15) is 14.3 Å². The van der Waals surface area contributed by atoms with E-state index >= 15 is 0 Å². The number of ether oxygens (including phenoxy) is 1. The van der Waals surface area contributed by atoms with Gasteiger partial charge >= 0.3 is 5.97 Å². The first kappa shape index (κ1) is 13.9. The van der Waals surface area contributed by atoms with E-state index in [1.54, 1.807) is 24.3 Å². The minimum atomic E-state index is -0.462. The number of anilines is 1. The van der Waals surface area contributed by atoms with Gasteiger partial charge in [-0.15, -0.1) is 0 Å². The number of phenols is 1. The van der Waals surface area contributed by atoms with E-state index in [0.29, 0.717) is 16.8 Å². The highest BCUT2D eigenvalue weighted by atomic mass is 19.1. The zero-order valence-electron chi connectivity index (χ0n) is 10.9. The molecule has 2 aromatic carbocycles. The van der Waals surface area contributed by atoms with Crippen LogP contribution in [-0.4, -0.2) is 18.2 Å². The molecule has 0 amide bonds. The second-order valence-corrected chi connectivity index (χ2v) is 4.16. The van der Waals surface area contributed by atoms with Crippen LogP contribution in [0.1, 0.15) is 15.9 Å². The van der Waals surface area contributed by atoms with Crippen LogP contribution in [-0.2, 0) is 11.3 Å². The molecule has 0 fully saturated rings. The molecule has 0 bridgehead atoms. The summed E-state index contributed by atoms with van der Waals surface area (Å²) in [6, 6.07) is 10.5. The topological polar surface area (TPSA) is 58.6 Å². The van der Waals surface area contributed by atoms with Gasteiger partial charge in [0.15, 0.2) is 0 Å². The van der Waals surface area contributed by atoms with Crippen LogP contribution in [0.4, 0.5) is 10.1 Å². The first-order valence-corrected chi connectivity index (χ1v) is 6.00. The number of aromatic hydroxyl groups is 1. The molecule has 0 saturated carbocycles. The van der Waals surface area contributed by atoms with Crippen LogP contribution in [0.5, 0.6) is 5.75 Å². The van der Waals surface area contributed by atoms with Crippen molar-refractivity contribution in [3.05, 3.63) is 59.4 Å². The van der Waals surface area contributed by atoms with E-state index in [2.05, 4.69) is 10.1 Å². The number of benzene rings is 2. The van der Waals surface area contributed by atoms with Gasteiger partial charge in [0.25, 0.3) is 0 Å². The van der Waals surface area contributed by atoms with Gasteiger partial charge < -0.3 is 15.2 Å². The molecule has 0 atom stereocenters. The maximum absolute atomic E-state index is 13.1. The minimum absolute atomic E-state index is 0.00514. The monoisotopic (exact) mass is 275 g/mol. The van der Waals surface area contributed by atoms with Crippen molar-refractivity contribution in [2.24, 2.45) is 0 Å². The van der Waals surface area contributed by atoms with Crippen LogP contribution in [0.3, 0.4) is 0 Å². The fourth-order valence-corrected chi connectivity index (χ4v) is 1.81. The van der Waals surface area contributed by atoms with Gasteiger partial charge in [-0.05, 0) is 30.3 Å². The average molecular weight is 275 g/mol. The number of hydrogen-bond acceptors (Lipinski definition) is 4. The Kier molecular flexibility index (Phi) is 4.20. The fraction of sp³-hybridized carbons (Fsp3) is 0.133. The van der Waals surface area contributed by atoms with Crippen molar-refractivity contribution in [2.45, 2.75) is 6.54 Å². The molecule has 0 aliphatic carbocycles. The molecule has 5 heteroatoms. The highest BCUT2D eigenvalue weighted by Crippen LogP contribution is 2.21. The maximum atomic E-state index is 13.1. The summed E-state index contributed by atoms with van der Waals surface area (Å²) < 4.78 is 17.8. The number of carbonyl (C=O) groups excluding carboxylic acids is 1. The van der Waals surface area contributed by atoms with Gasteiger partial charge in [0.1, 0.15) is 11.6 Å². The molecular weight excluding hydrogens is 261 g/mol. The number of phenolic OH excluding ortho intramolecular Hbond substituents is 1. The van der Waals surface area contributed by atoms with E-state index < -0.39 is 11.8 Å². The Hall–Kier alpha value is -2.56. The van der Waals surface area contributed by atoms with Crippen molar-refractivity contribution in [3.63, 3.8) is 0 Å². The summed E-state index contributed by atoms with van der Waals surface area (Å²) in [6.07, 6.45) is 0. The number of halogens is 1. The minimum Gasteiger partial charge on any atom is -0.508 e. The number of rotatable bonds is 4. The standard InChI is InChI=1S/C15H14FNO3/c1-20-15(19)12-4-2-3-5-13(12)17-9-10-8-11(16)6-7-14(10)18/h2-8,17-18H,9H2,1H3. The van der Waals surface area contributed by atoms with Gasteiger partial charge in [0, 0.05) is 17.8 Å². The number of hydrogen-bond donors (Lipinski definition) is 2. The summed E-state index contributed by atoms with van der Waals surface area (Å²) >= 11 is 0. The molecule has 2 N–H and O–H groups in total. The molecule has 0 saturated heterocycles. The molecule has 104 valence electrons. The third-order valence-corrected chi connectivity index (χ3v) is 2.84. The summed E-state index contributed by atoms with van der Waals surface area (Å²) in [5.74, 6) is -0.896. The van der Waals surface area contributed by atoms with E-state index in [-0.39, 0.29) is 12.3 Å². The van der Waals surface area contributed by atoms with Crippen molar-refractivity contribution >= 4 is 11.7 Å².